The first kappa shape index (κ1) is 21.6. The van der Waals surface area contributed by atoms with Gasteiger partial charge in [0.25, 0.3) is 11.8 Å². The van der Waals surface area contributed by atoms with Gasteiger partial charge < -0.3 is 20.6 Å². The van der Waals surface area contributed by atoms with E-state index in [0.717, 1.165) is 44.0 Å². The number of hydrogen-bond donors (Lipinski definition) is 3. The number of carbonyl (C=O) groups excluding carboxylic acids is 2. The fourth-order valence-corrected chi connectivity index (χ4v) is 4.98. The maximum Gasteiger partial charge on any atom is 0.291 e. The molecular weight excluding hydrogens is 450 g/mol. The first-order valence-electron chi connectivity index (χ1n) is 11.6. The highest BCUT2D eigenvalue weighted by molar-refractivity contribution is 6.20. The molecule has 7 heteroatoms. The molecule has 2 aromatic heterocycles. The zero-order valence-corrected chi connectivity index (χ0v) is 19.8. The first-order chi connectivity index (χ1) is 17.4. The molecule has 0 fully saturated rings. The maximum absolute atomic E-state index is 13.2. The van der Waals surface area contributed by atoms with Crippen LogP contribution in [0.3, 0.4) is 0 Å². The number of amides is 2. The molecule has 4 N–H and O–H groups in total. The van der Waals surface area contributed by atoms with Crippen LogP contribution in [0.5, 0.6) is 0 Å². The highest BCUT2D eigenvalue weighted by Crippen LogP contribution is 2.39. The summed E-state index contributed by atoms with van der Waals surface area (Å²) in [6.45, 7) is 1.97. The number of primary amides is 1. The number of nitrogens with one attached hydrogen (secondary N) is 2. The van der Waals surface area contributed by atoms with E-state index in [2.05, 4.69) is 15.3 Å². The maximum atomic E-state index is 13.2. The third-order valence-electron chi connectivity index (χ3n) is 6.79. The Morgan fingerprint density at radius 2 is 1.69 bits per heavy atom. The Bertz CT molecular complexity index is 1840. The van der Waals surface area contributed by atoms with Gasteiger partial charge in [-0.2, -0.15) is 0 Å². The molecule has 0 spiro atoms. The van der Waals surface area contributed by atoms with Crippen molar-refractivity contribution in [1.82, 2.24) is 14.5 Å². The minimum atomic E-state index is -0.488. The van der Waals surface area contributed by atoms with Gasteiger partial charge in [0.15, 0.2) is 5.82 Å². The molecule has 6 aromatic rings. The SMILES string of the molecule is Cc1c(NC(=O)c2nc3ccccc3n2C)cccc1-c1ccc(C(N)=O)c2[nH]c3ccccc3c12. The van der Waals surface area contributed by atoms with E-state index in [4.69, 9.17) is 5.73 Å². The molecule has 0 bridgehead atoms. The molecule has 176 valence electrons. The van der Waals surface area contributed by atoms with Gasteiger partial charge in [-0.15, -0.1) is 0 Å². The number of aryl methyl sites for hydroxylation is 1. The number of fused-ring (bicyclic) bond motifs is 4. The van der Waals surface area contributed by atoms with E-state index in [9.17, 15) is 9.59 Å². The molecule has 2 amide bonds. The summed E-state index contributed by atoms with van der Waals surface area (Å²) in [5.41, 5.74) is 12.9. The van der Waals surface area contributed by atoms with E-state index in [1.807, 2.05) is 86.8 Å². The van der Waals surface area contributed by atoms with Crippen LogP contribution in [-0.4, -0.2) is 26.3 Å². The third-order valence-corrected chi connectivity index (χ3v) is 6.79. The fraction of sp³-hybridized carbons (Fsp3) is 0.0690. The number of nitrogens with two attached hydrogens (primary N) is 1. The van der Waals surface area contributed by atoms with Crippen LogP contribution >= 0.6 is 0 Å². The van der Waals surface area contributed by atoms with Crippen LogP contribution in [-0.2, 0) is 7.05 Å². The molecule has 0 aliphatic carbocycles. The van der Waals surface area contributed by atoms with Crippen molar-refractivity contribution in [3.63, 3.8) is 0 Å². The summed E-state index contributed by atoms with van der Waals surface area (Å²) in [6.07, 6.45) is 0. The average Bonchev–Trinajstić information content (AvgIpc) is 3.43. The van der Waals surface area contributed by atoms with Gasteiger partial charge in [0.1, 0.15) is 0 Å². The number of anilines is 1. The van der Waals surface area contributed by atoms with Crippen molar-refractivity contribution in [3.05, 3.63) is 95.8 Å². The number of para-hydroxylation sites is 3. The highest BCUT2D eigenvalue weighted by atomic mass is 16.2. The van der Waals surface area contributed by atoms with Gasteiger partial charge in [-0.1, -0.05) is 48.5 Å². The van der Waals surface area contributed by atoms with Crippen LogP contribution in [0.15, 0.2) is 78.9 Å². The van der Waals surface area contributed by atoms with Crippen molar-refractivity contribution < 1.29 is 9.59 Å². The molecule has 4 aromatic carbocycles. The van der Waals surface area contributed by atoms with Gasteiger partial charge >= 0.3 is 0 Å². The van der Waals surface area contributed by atoms with E-state index in [-0.39, 0.29) is 5.91 Å². The molecule has 0 aliphatic rings. The number of imidazole rings is 1. The average molecular weight is 474 g/mol. The Morgan fingerprint density at radius 1 is 0.917 bits per heavy atom. The highest BCUT2D eigenvalue weighted by Gasteiger charge is 2.20. The summed E-state index contributed by atoms with van der Waals surface area (Å²) >= 11 is 0. The quantitative estimate of drug-likeness (QED) is 0.313. The predicted octanol–water partition coefficient (Wildman–Crippen LogP) is 5.53. The number of benzene rings is 4. The molecule has 0 radical (unpaired) electrons. The van der Waals surface area contributed by atoms with Crippen molar-refractivity contribution in [1.29, 1.82) is 0 Å². The van der Waals surface area contributed by atoms with Crippen molar-refractivity contribution in [3.8, 4) is 11.1 Å². The Morgan fingerprint density at radius 3 is 2.50 bits per heavy atom. The van der Waals surface area contributed by atoms with Crippen LogP contribution in [0, 0.1) is 6.92 Å². The van der Waals surface area contributed by atoms with Crippen molar-refractivity contribution in [2.45, 2.75) is 6.92 Å². The number of hydrogen-bond acceptors (Lipinski definition) is 3. The largest absolute Gasteiger partial charge is 0.366 e. The Labute approximate surface area is 206 Å². The Balaban J connectivity index is 1.48. The second kappa shape index (κ2) is 8.09. The van der Waals surface area contributed by atoms with Crippen molar-refractivity contribution in [2.75, 3.05) is 5.32 Å². The van der Waals surface area contributed by atoms with E-state index < -0.39 is 5.91 Å². The van der Waals surface area contributed by atoms with Crippen LogP contribution in [0.2, 0.25) is 0 Å². The molecule has 36 heavy (non-hydrogen) atoms. The van der Waals surface area contributed by atoms with Crippen LogP contribution in [0.1, 0.15) is 26.5 Å². The topological polar surface area (TPSA) is 106 Å². The number of aromatic nitrogens is 3. The Hall–Kier alpha value is -4.91. The van der Waals surface area contributed by atoms with Crippen molar-refractivity contribution >= 4 is 50.3 Å². The van der Waals surface area contributed by atoms with E-state index >= 15 is 0 Å². The normalized spacial score (nSPS) is 11.4. The number of aromatic amines is 1. The van der Waals surface area contributed by atoms with Gasteiger partial charge in [-0.25, -0.2) is 4.98 Å². The lowest BCUT2D eigenvalue weighted by atomic mass is 9.93. The summed E-state index contributed by atoms with van der Waals surface area (Å²) in [7, 11) is 1.83. The molecule has 2 heterocycles. The lowest BCUT2D eigenvalue weighted by Gasteiger charge is -2.14. The summed E-state index contributed by atoms with van der Waals surface area (Å²) < 4.78 is 1.79. The molecule has 7 nitrogen and oxygen atoms in total. The first-order valence-corrected chi connectivity index (χ1v) is 11.6. The standard InChI is InChI=1S/C29H23N5O2/c1-16-17(18-14-15-20(27(30)35)26-25(18)19-8-3-4-10-22(19)31-26)9-7-12-21(16)33-29(36)28-32-23-11-5-6-13-24(23)34(28)2/h3-15,31H,1-2H3,(H2,30,35)(H,33,36). The lowest BCUT2D eigenvalue weighted by Crippen LogP contribution is -2.17. The molecule has 0 unspecified atom stereocenters. The molecule has 6 rings (SSSR count). The number of carbonyl (C=O) groups is 2. The van der Waals surface area contributed by atoms with Gasteiger partial charge in [-0.05, 0) is 53.9 Å². The molecule has 0 atom stereocenters. The van der Waals surface area contributed by atoms with Crippen LogP contribution in [0.25, 0.3) is 44.0 Å². The monoisotopic (exact) mass is 473 g/mol. The number of nitrogens with zero attached hydrogens (tertiary/aromatic N) is 2. The van der Waals surface area contributed by atoms with Crippen molar-refractivity contribution in [2.24, 2.45) is 12.8 Å². The minimum Gasteiger partial charge on any atom is -0.366 e. The molecular formula is C29H23N5O2. The smallest absolute Gasteiger partial charge is 0.291 e. The van der Waals surface area contributed by atoms with E-state index in [1.54, 1.807) is 10.6 Å². The van der Waals surface area contributed by atoms with Gasteiger partial charge in [0, 0.05) is 29.0 Å². The zero-order valence-electron chi connectivity index (χ0n) is 19.8. The number of rotatable bonds is 4. The van der Waals surface area contributed by atoms with Gasteiger partial charge in [0.2, 0.25) is 0 Å². The summed E-state index contributed by atoms with van der Waals surface area (Å²) in [4.78, 5) is 33.3. The lowest BCUT2D eigenvalue weighted by molar-refractivity contribution is 0.0996. The second-order valence-corrected chi connectivity index (χ2v) is 8.86. The molecule has 0 aliphatic heterocycles. The zero-order chi connectivity index (χ0) is 25.0. The fourth-order valence-electron chi connectivity index (χ4n) is 4.98. The predicted molar refractivity (Wildman–Crippen MR) is 143 cm³/mol. The third kappa shape index (κ3) is 3.25. The Kier molecular flexibility index (Phi) is 4.86. The van der Waals surface area contributed by atoms with Crippen LogP contribution < -0.4 is 11.1 Å². The van der Waals surface area contributed by atoms with Gasteiger partial charge in [0.05, 0.1) is 22.1 Å². The second-order valence-electron chi connectivity index (χ2n) is 8.86. The molecule has 0 saturated carbocycles. The van der Waals surface area contributed by atoms with E-state index in [0.29, 0.717) is 22.6 Å². The summed E-state index contributed by atoms with van der Waals surface area (Å²) in [5.74, 6) is -0.431. The summed E-state index contributed by atoms with van der Waals surface area (Å²) in [5, 5.41) is 4.96. The number of H-pyrrole nitrogens is 1. The molecule has 0 saturated heterocycles. The summed E-state index contributed by atoms with van der Waals surface area (Å²) in [6, 6.07) is 25.0. The van der Waals surface area contributed by atoms with Crippen LogP contribution in [0.4, 0.5) is 5.69 Å². The van der Waals surface area contributed by atoms with Gasteiger partial charge in [-0.3, -0.25) is 9.59 Å². The minimum absolute atomic E-state index is 0.282. The van der Waals surface area contributed by atoms with E-state index in [1.165, 1.54) is 0 Å².